The molecule has 4 heteroatoms. The van der Waals surface area contributed by atoms with E-state index in [-0.39, 0.29) is 0 Å². The lowest BCUT2D eigenvalue weighted by atomic mass is 10.0. The molecule has 0 N–H and O–H groups in total. The molecule has 0 saturated heterocycles. The van der Waals surface area contributed by atoms with Crippen molar-refractivity contribution >= 4 is 11.4 Å². The Labute approximate surface area is 136 Å². The molecule has 4 nitrogen and oxygen atoms in total. The number of hydrogen-bond donors (Lipinski definition) is 0. The molecule has 0 aliphatic heterocycles. The monoisotopic (exact) mass is 305 g/mol. The second-order valence-electron chi connectivity index (χ2n) is 5.30. The highest BCUT2D eigenvalue weighted by Crippen LogP contribution is 2.28. The standard InChI is InChI=1S/C19H19N3O/c1-14-16(13-22(2)21-14)19(15-9-5-4-6-10-15)20-17-11-7-8-12-18(17)23-3/h4-13H,1-3H3. The molecule has 3 rings (SSSR count). The first-order valence-electron chi connectivity index (χ1n) is 7.47. The molecule has 116 valence electrons. The zero-order chi connectivity index (χ0) is 16.2. The van der Waals surface area contributed by atoms with E-state index in [4.69, 9.17) is 9.73 Å². The number of rotatable bonds is 4. The highest BCUT2D eigenvalue weighted by molar-refractivity contribution is 6.14. The van der Waals surface area contributed by atoms with Crippen molar-refractivity contribution in [1.29, 1.82) is 0 Å². The van der Waals surface area contributed by atoms with Gasteiger partial charge in [-0.3, -0.25) is 4.68 Å². The van der Waals surface area contributed by atoms with E-state index in [1.165, 1.54) is 0 Å². The van der Waals surface area contributed by atoms with Crippen LogP contribution in [-0.2, 0) is 7.05 Å². The minimum absolute atomic E-state index is 0.752. The van der Waals surface area contributed by atoms with Crippen LogP contribution in [0.5, 0.6) is 5.75 Å². The SMILES string of the molecule is COc1ccccc1N=C(c1ccccc1)c1cn(C)nc1C. The van der Waals surface area contributed by atoms with Gasteiger partial charge in [0.05, 0.1) is 18.5 Å². The number of hydrogen-bond acceptors (Lipinski definition) is 3. The molecule has 2 aromatic carbocycles. The van der Waals surface area contributed by atoms with Crippen LogP contribution in [0.25, 0.3) is 0 Å². The third-order valence-corrected chi connectivity index (χ3v) is 3.63. The van der Waals surface area contributed by atoms with Crippen LogP contribution >= 0.6 is 0 Å². The van der Waals surface area contributed by atoms with Crippen LogP contribution in [0.1, 0.15) is 16.8 Å². The summed E-state index contributed by atoms with van der Waals surface area (Å²) in [5.41, 5.74) is 4.71. The molecular weight excluding hydrogens is 286 g/mol. The predicted octanol–water partition coefficient (Wildman–Crippen LogP) is 3.91. The fourth-order valence-electron chi connectivity index (χ4n) is 2.55. The van der Waals surface area contributed by atoms with Gasteiger partial charge in [-0.25, -0.2) is 4.99 Å². The van der Waals surface area contributed by atoms with Gasteiger partial charge in [0, 0.05) is 24.4 Å². The largest absolute Gasteiger partial charge is 0.494 e. The van der Waals surface area contributed by atoms with Crippen LogP contribution in [0.2, 0.25) is 0 Å². The van der Waals surface area contributed by atoms with E-state index in [9.17, 15) is 0 Å². The second kappa shape index (κ2) is 6.48. The van der Waals surface area contributed by atoms with Crippen LogP contribution in [-0.4, -0.2) is 22.6 Å². The minimum atomic E-state index is 0.752. The summed E-state index contributed by atoms with van der Waals surface area (Å²) in [5, 5.41) is 4.45. The molecular formula is C19H19N3O. The van der Waals surface area contributed by atoms with Crippen molar-refractivity contribution < 1.29 is 4.74 Å². The number of aromatic nitrogens is 2. The molecule has 0 radical (unpaired) electrons. The molecule has 3 aromatic rings. The van der Waals surface area contributed by atoms with Gasteiger partial charge in [0.15, 0.2) is 0 Å². The van der Waals surface area contributed by atoms with Gasteiger partial charge in [-0.05, 0) is 19.1 Å². The van der Waals surface area contributed by atoms with Gasteiger partial charge < -0.3 is 4.74 Å². The van der Waals surface area contributed by atoms with Gasteiger partial charge >= 0.3 is 0 Å². The molecule has 0 aliphatic rings. The Morgan fingerprint density at radius 2 is 1.74 bits per heavy atom. The van der Waals surface area contributed by atoms with Crippen LogP contribution in [0.15, 0.2) is 65.8 Å². The van der Waals surface area contributed by atoms with Crippen molar-refractivity contribution in [1.82, 2.24) is 9.78 Å². The smallest absolute Gasteiger partial charge is 0.144 e. The van der Waals surface area contributed by atoms with E-state index in [1.807, 2.05) is 67.3 Å². The van der Waals surface area contributed by atoms with Crippen molar-refractivity contribution in [3.05, 3.63) is 77.6 Å². The van der Waals surface area contributed by atoms with Crippen LogP contribution in [0.3, 0.4) is 0 Å². The maximum absolute atomic E-state index is 5.43. The maximum atomic E-state index is 5.43. The summed E-state index contributed by atoms with van der Waals surface area (Å²) < 4.78 is 7.24. The Hall–Kier alpha value is -2.88. The number of benzene rings is 2. The Morgan fingerprint density at radius 1 is 1.04 bits per heavy atom. The van der Waals surface area contributed by atoms with Gasteiger partial charge in [-0.1, -0.05) is 42.5 Å². The summed E-state index contributed by atoms with van der Waals surface area (Å²) in [7, 11) is 3.58. The molecule has 0 spiro atoms. The first-order chi connectivity index (χ1) is 11.2. The summed E-state index contributed by atoms with van der Waals surface area (Å²) in [6.07, 6.45) is 2.00. The van der Waals surface area contributed by atoms with E-state index in [0.717, 1.165) is 34.0 Å². The summed E-state index contributed by atoms with van der Waals surface area (Å²) in [5.74, 6) is 0.752. The third-order valence-electron chi connectivity index (χ3n) is 3.63. The highest BCUT2D eigenvalue weighted by atomic mass is 16.5. The predicted molar refractivity (Wildman–Crippen MR) is 92.7 cm³/mol. The van der Waals surface area contributed by atoms with Crippen LogP contribution in [0, 0.1) is 6.92 Å². The van der Waals surface area contributed by atoms with Crippen LogP contribution < -0.4 is 4.74 Å². The summed E-state index contributed by atoms with van der Waals surface area (Å²) in [6, 6.07) is 17.9. The Balaban J connectivity index is 2.20. The lowest BCUT2D eigenvalue weighted by molar-refractivity contribution is 0.416. The highest BCUT2D eigenvalue weighted by Gasteiger charge is 2.14. The normalized spacial score (nSPS) is 11.5. The summed E-state index contributed by atoms with van der Waals surface area (Å²) in [6.45, 7) is 2.00. The zero-order valence-corrected chi connectivity index (χ0v) is 13.5. The number of aryl methyl sites for hydroxylation is 2. The van der Waals surface area contributed by atoms with E-state index >= 15 is 0 Å². The fourth-order valence-corrected chi connectivity index (χ4v) is 2.55. The Bertz CT molecular complexity index is 835. The Morgan fingerprint density at radius 3 is 2.39 bits per heavy atom. The molecule has 0 saturated carbocycles. The topological polar surface area (TPSA) is 39.4 Å². The average molecular weight is 305 g/mol. The number of para-hydroxylation sites is 2. The van der Waals surface area contributed by atoms with Crippen molar-refractivity contribution in [2.45, 2.75) is 6.92 Å². The summed E-state index contributed by atoms with van der Waals surface area (Å²) in [4.78, 5) is 4.88. The van der Waals surface area contributed by atoms with E-state index < -0.39 is 0 Å². The van der Waals surface area contributed by atoms with Gasteiger partial charge in [0.2, 0.25) is 0 Å². The number of aliphatic imine (C=N–C) groups is 1. The Kier molecular flexibility index (Phi) is 4.24. The third kappa shape index (κ3) is 3.16. The molecule has 0 amide bonds. The van der Waals surface area contributed by atoms with Crippen LogP contribution in [0.4, 0.5) is 5.69 Å². The van der Waals surface area contributed by atoms with E-state index in [2.05, 4.69) is 17.2 Å². The zero-order valence-electron chi connectivity index (χ0n) is 13.5. The lowest BCUT2D eigenvalue weighted by Gasteiger charge is -2.09. The first-order valence-corrected chi connectivity index (χ1v) is 7.47. The van der Waals surface area contributed by atoms with Crippen molar-refractivity contribution in [2.75, 3.05) is 7.11 Å². The summed E-state index contributed by atoms with van der Waals surface area (Å²) >= 11 is 0. The number of methoxy groups -OCH3 is 1. The van der Waals surface area contributed by atoms with Crippen molar-refractivity contribution in [2.24, 2.45) is 12.0 Å². The fraction of sp³-hybridized carbons (Fsp3) is 0.158. The molecule has 1 heterocycles. The first kappa shape index (κ1) is 15.0. The van der Waals surface area contributed by atoms with Crippen molar-refractivity contribution in [3.8, 4) is 5.75 Å². The average Bonchev–Trinajstić information content (AvgIpc) is 2.92. The molecule has 0 unspecified atom stereocenters. The second-order valence-corrected chi connectivity index (χ2v) is 5.30. The quantitative estimate of drug-likeness (QED) is 0.686. The molecule has 23 heavy (non-hydrogen) atoms. The maximum Gasteiger partial charge on any atom is 0.144 e. The van der Waals surface area contributed by atoms with E-state index in [0.29, 0.717) is 0 Å². The number of ether oxygens (including phenoxy) is 1. The van der Waals surface area contributed by atoms with Gasteiger partial charge in [0.25, 0.3) is 0 Å². The minimum Gasteiger partial charge on any atom is -0.494 e. The van der Waals surface area contributed by atoms with Crippen molar-refractivity contribution in [3.63, 3.8) is 0 Å². The van der Waals surface area contributed by atoms with Gasteiger partial charge in [-0.15, -0.1) is 0 Å². The molecule has 1 aromatic heterocycles. The van der Waals surface area contributed by atoms with E-state index in [1.54, 1.807) is 7.11 Å². The van der Waals surface area contributed by atoms with Gasteiger partial charge in [-0.2, -0.15) is 5.10 Å². The van der Waals surface area contributed by atoms with Gasteiger partial charge in [0.1, 0.15) is 11.4 Å². The number of nitrogens with zero attached hydrogens (tertiary/aromatic N) is 3. The molecule has 0 atom stereocenters. The molecule has 0 bridgehead atoms. The lowest BCUT2D eigenvalue weighted by Crippen LogP contribution is -2.04. The molecule has 0 fully saturated rings. The molecule has 0 aliphatic carbocycles.